The average Bonchev–Trinajstić information content (AvgIpc) is 2.86. The Kier molecular flexibility index (Phi) is 4.53. The van der Waals surface area contributed by atoms with Gasteiger partial charge in [-0.15, -0.1) is 10.2 Å². The lowest BCUT2D eigenvalue weighted by molar-refractivity contribution is -0.385. The number of nitro benzene ring substituents is 1. The molecule has 0 aliphatic heterocycles. The Morgan fingerprint density at radius 1 is 1.24 bits per heavy atom. The van der Waals surface area contributed by atoms with Gasteiger partial charge in [0.1, 0.15) is 5.75 Å². The Morgan fingerprint density at radius 2 is 1.90 bits per heavy atom. The van der Waals surface area contributed by atoms with Crippen LogP contribution in [0.1, 0.15) is 13.8 Å². The molecular weight excluding hydrogens is 296 g/mol. The van der Waals surface area contributed by atoms with Crippen LogP contribution in [0.15, 0.2) is 12.1 Å². The summed E-state index contributed by atoms with van der Waals surface area (Å²) in [4.78, 5) is 10.7. The Hall–Kier alpha value is -2.42. The van der Waals surface area contributed by atoms with Crippen LogP contribution >= 0.6 is 11.3 Å². The van der Waals surface area contributed by atoms with Crippen molar-refractivity contribution in [2.75, 3.05) is 18.9 Å². The molecule has 0 saturated heterocycles. The van der Waals surface area contributed by atoms with Crippen LogP contribution in [0, 0.1) is 10.1 Å². The first-order chi connectivity index (χ1) is 10.1. The maximum Gasteiger partial charge on any atom is 0.311 e. The SMILES string of the molecule is CCOc1cc(OCC)c([N+](=O)[O-])cc1-c1nnc(N)s1. The lowest BCUT2D eigenvalue weighted by Gasteiger charge is -2.11. The summed E-state index contributed by atoms with van der Waals surface area (Å²) < 4.78 is 10.8. The molecule has 0 spiro atoms. The Labute approximate surface area is 124 Å². The van der Waals surface area contributed by atoms with Crippen molar-refractivity contribution in [2.45, 2.75) is 13.8 Å². The summed E-state index contributed by atoms with van der Waals surface area (Å²) in [7, 11) is 0. The summed E-state index contributed by atoms with van der Waals surface area (Å²) in [6, 6.07) is 2.87. The van der Waals surface area contributed by atoms with E-state index < -0.39 is 4.92 Å². The van der Waals surface area contributed by atoms with E-state index in [1.54, 1.807) is 6.92 Å². The molecule has 2 N–H and O–H groups in total. The second kappa shape index (κ2) is 6.35. The van der Waals surface area contributed by atoms with E-state index in [9.17, 15) is 10.1 Å². The van der Waals surface area contributed by atoms with Gasteiger partial charge in [-0.05, 0) is 13.8 Å². The van der Waals surface area contributed by atoms with Crippen LogP contribution in [-0.2, 0) is 0 Å². The summed E-state index contributed by atoms with van der Waals surface area (Å²) in [5.41, 5.74) is 5.89. The summed E-state index contributed by atoms with van der Waals surface area (Å²) in [6.45, 7) is 4.30. The van der Waals surface area contributed by atoms with Gasteiger partial charge in [-0.25, -0.2) is 0 Å². The largest absolute Gasteiger partial charge is 0.493 e. The highest BCUT2D eigenvalue weighted by molar-refractivity contribution is 7.18. The van der Waals surface area contributed by atoms with E-state index in [1.807, 2.05) is 6.92 Å². The Bertz CT molecular complexity index is 659. The van der Waals surface area contributed by atoms with Gasteiger partial charge in [0.2, 0.25) is 10.9 Å². The molecule has 0 saturated carbocycles. The number of ether oxygens (including phenoxy) is 2. The molecule has 112 valence electrons. The molecule has 1 aromatic heterocycles. The van der Waals surface area contributed by atoms with Crippen LogP contribution in [0.3, 0.4) is 0 Å². The van der Waals surface area contributed by atoms with Crippen molar-refractivity contribution >= 4 is 22.2 Å². The van der Waals surface area contributed by atoms with Crippen molar-refractivity contribution in [3.05, 3.63) is 22.2 Å². The number of nitrogens with zero attached hydrogens (tertiary/aromatic N) is 3. The maximum absolute atomic E-state index is 11.2. The molecule has 9 heteroatoms. The summed E-state index contributed by atoms with van der Waals surface area (Å²) in [5, 5.41) is 19.5. The van der Waals surface area contributed by atoms with Crippen molar-refractivity contribution < 1.29 is 14.4 Å². The molecule has 0 aliphatic rings. The third kappa shape index (κ3) is 3.19. The fraction of sp³-hybridized carbons (Fsp3) is 0.333. The molecule has 0 unspecified atom stereocenters. The van der Waals surface area contributed by atoms with Crippen molar-refractivity contribution in [3.8, 4) is 22.1 Å². The molecule has 21 heavy (non-hydrogen) atoms. The number of anilines is 1. The van der Waals surface area contributed by atoms with Gasteiger partial charge >= 0.3 is 5.69 Å². The smallest absolute Gasteiger partial charge is 0.311 e. The number of hydrogen-bond donors (Lipinski definition) is 1. The topological polar surface area (TPSA) is 113 Å². The van der Waals surface area contributed by atoms with E-state index >= 15 is 0 Å². The first-order valence-electron chi connectivity index (χ1n) is 6.24. The zero-order valence-electron chi connectivity index (χ0n) is 11.5. The highest BCUT2D eigenvalue weighted by Gasteiger charge is 2.22. The normalized spacial score (nSPS) is 10.4. The highest BCUT2D eigenvalue weighted by Crippen LogP contribution is 2.41. The standard InChI is InChI=1S/C12H14N4O4S/c1-3-19-9-6-10(20-4-2)8(16(17)18)5-7(9)11-14-15-12(13)21-11/h5-6H,3-4H2,1-2H3,(H2,13,15). The average molecular weight is 310 g/mol. The molecule has 0 bridgehead atoms. The number of benzene rings is 1. The molecular formula is C12H14N4O4S. The van der Waals surface area contributed by atoms with E-state index in [4.69, 9.17) is 15.2 Å². The monoisotopic (exact) mass is 310 g/mol. The minimum Gasteiger partial charge on any atom is -0.493 e. The number of nitro groups is 1. The van der Waals surface area contributed by atoms with Gasteiger partial charge in [0, 0.05) is 12.1 Å². The second-order valence-electron chi connectivity index (χ2n) is 3.88. The molecule has 0 radical (unpaired) electrons. The van der Waals surface area contributed by atoms with Crippen LogP contribution in [0.25, 0.3) is 10.6 Å². The van der Waals surface area contributed by atoms with Crippen molar-refractivity contribution in [2.24, 2.45) is 0 Å². The van der Waals surface area contributed by atoms with E-state index in [-0.39, 0.29) is 16.6 Å². The fourth-order valence-corrected chi connectivity index (χ4v) is 2.38. The van der Waals surface area contributed by atoms with Gasteiger partial charge < -0.3 is 15.2 Å². The van der Waals surface area contributed by atoms with E-state index in [2.05, 4.69) is 10.2 Å². The zero-order chi connectivity index (χ0) is 15.4. The molecule has 8 nitrogen and oxygen atoms in total. The molecule has 2 rings (SSSR count). The fourth-order valence-electron chi connectivity index (χ4n) is 1.75. The van der Waals surface area contributed by atoms with Crippen LogP contribution < -0.4 is 15.2 Å². The van der Waals surface area contributed by atoms with Crippen molar-refractivity contribution in [1.29, 1.82) is 0 Å². The molecule has 0 aliphatic carbocycles. The first-order valence-corrected chi connectivity index (χ1v) is 7.05. The van der Waals surface area contributed by atoms with Crippen LogP contribution in [0.2, 0.25) is 0 Å². The molecule has 1 heterocycles. The second-order valence-corrected chi connectivity index (χ2v) is 4.89. The summed E-state index contributed by atoms with van der Waals surface area (Å²) in [5.74, 6) is 0.606. The minimum absolute atomic E-state index is 0.149. The summed E-state index contributed by atoms with van der Waals surface area (Å²) in [6.07, 6.45) is 0. The Morgan fingerprint density at radius 3 is 2.43 bits per heavy atom. The van der Waals surface area contributed by atoms with E-state index in [0.29, 0.717) is 29.5 Å². The van der Waals surface area contributed by atoms with Gasteiger partial charge in [-0.1, -0.05) is 11.3 Å². The lowest BCUT2D eigenvalue weighted by Crippen LogP contribution is -2.01. The van der Waals surface area contributed by atoms with Crippen LogP contribution in [0.4, 0.5) is 10.8 Å². The van der Waals surface area contributed by atoms with Crippen LogP contribution in [-0.4, -0.2) is 28.3 Å². The van der Waals surface area contributed by atoms with Gasteiger partial charge in [0.15, 0.2) is 5.01 Å². The molecule has 2 aromatic rings. The molecule has 0 fully saturated rings. The van der Waals surface area contributed by atoms with E-state index in [0.717, 1.165) is 11.3 Å². The number of nitrogens with two attached hydrogens (primary N) is 1. The number of rotatable bonds is 6. The number of nitrogen functional groups attached to an aromatic ring is 1. The number of hydrogen-bond acceptors (Lipinski definition) is 8. The lowest BCUT2D eigenvalue weighted by atomic mass is 10.1. The van der Waals surface area contributed by atoms with Crippen molar-refractivity contribution in [1.82, 2.24) is 10.2 Å². The van der Waals surface area contributed by atoms with Gasteiger partial charge in [-0.3, -0.25) is 10.1 Å². The molecule has 0 amide bonds. The molecule has 1 aromatic carbocycles. The minimum atomic E-state index is -0.505. The quantitative estimate of drug-likeness (QED) is 0.644. The van der Waals surface area contributed by atoms with E-state index in [1.165, 1.54) is 12.1 Å². The maximum atomic E-state index is 11.2. The Balaban J connectivity index is 2.61. The third-order valence-corrected chi connectivity index (χ3v) is 3.31. The van der Waals surface area contributed by atoms with Crippen LogP contribution in [0.5, 0.6) is 11.5 Å². The van der Waals surface area contributed by atoms with Gasteiger partial charge in [-0.2, -0.15) is 0 Å². The highest BCUT2D eigenvalue weighted by atomic mass is 32.1. The predicted octanol–water partition coefficient (Wildman–Crippen LogP) is 2.49. The summed E-state index contributed by atoms with van der Waals surface area (Å²) >= 11 is 1.13. The van der Waals surface area contributed by atoms with Crippen molar-refractivity contribution in [3.63, 3.8) is 0 Å². The third-order valence-electron chi connectivity index (χ3n) is 2.53. The predicted molar refractivity (Wildman–Crippen MR) is 78.7 cm³/mol. The first kappa shape index (κ1) is 15.0. The van der Waals surface area contributed by atoms with Gasteiger partial charge in [0.05, 0.1) is 23.7 Å². The zero-order valence-corrected chi connectivity index (χ0v) is 12.3. The molecule has 0 atom stereocenters. The number of aromatic nitrogens is 2. The van der Waals surface area contributed by atoms with Gasteiger partial charge in [0.25, 0.3) is 0 Å².